The van der Waals surface area contributed by atoms with Gasteiger partial charge in [0.05, 0.1) is 37.5 Å². The molecule has 2 amide bonds. The van der Waals surface area contributed by atoms with Gasteiger partial charge in [-0.3, -0.25) is 4.90 Å². The van der Waals surface area contributed by atoms with Crippen LogP contribution in [-0.4, -0.2) is 55.3 Å². The molecule has 1 aromatic carbocycles. The number of ether oxygens (including phenoxy) is 2. The fourth-order valence-electron chi connectivity index (χ4n) is 2.75. The number of anilines is 1. The molecule has 0 saturated carbocycles. The zero-order valence-corrected chi connectivity index (χ0v) is 15.7. The molecule has 0 radical (unpaired) electrons. The van der Waals surface area contributed by atoms with Crippen molar-refractivity contribution in [2.75, 3.05) is 38.3 Å². The van der Waals surface area contributed by atoms with Gasteiger partial charge in [0, 0.05) is 19.3 Å². The van der Waals surface area contributed by atoms with Crippen LogP contribution in [0.2, 0.25) is 5.02 Å². The third-order valence-electron chi connectivity index (χ3n) is 4.22. The molecular formula is C19H20ClN3O4. The summed E-state index contributed by atoms with van der Waals surface area (Å²) in [5.74, 6) is 0.107. The van der Waals surface area contributed by atoms with Gasteiger partial charge in [0.1, 0.15) is 5.82 Å². The highest BCUT2D eigenvalue weighted by atomic mass is 35.5. The average molecular weight is 390 g/mol. The fourth-order valence-corrected chi connectivity index (χ4v) is 2.86. The quantitative estimate of drug-likeness (QED) is 0.752. The average Bonchev–Trinajstić information content (AvgIpc) is 2.73. The molecule has 1 aliphatic heterocycles. The summed E-state index contributed by atoms with van der Waals surface area (Å²) in [6.45, 7) is 2.41. The highest BCUT2D eigenvalue weighted by Crippen LogP contribution is 2.20. The van der Waals surface area contributed by atoms with Gasteiger partial charge in [0.2, 0.25) is 0 Å². The van der Waals surface area contributed by atoms with E-state index < -0.39 is 5.97 Å². The number of aromatic nitrogens is 1. The second-order valence-electron chi connectivity index (χ2n) is 5.99. The summed E-state index contributed by atoms with van der Waals surface area (Å²) in [4.78, 5) is 32.3. The van der Waals surface area contributed by atoms with Crippen LogP contribution >= 0.6 is 11.6 Å². The minimum atomic E-state index is -0.401. The first-order valence-electron chi connectivity index (χ1n) is 8.51. The van der Waals surface area contributed by atoms with Crippen LogP contribution in [0.1, 0.15) is 15.9 Å². The van der Waals surface area contributed by atoms with Gasteiger partial charge in [-0.2, -0.15) is 0 Å². The molecule has 1 fully saturated rings. The molecule has 1 aromatic heterocycles. The molecule has 1 aliphatic rings. The van der Waals surface area contributed by atoms with Crippen molar-refractivity contribution in [2.45, 2.75) is 6.54 Å². The molecule has 7 nitrogen and oxygen atoms in total. The van der Waals surface area contributed by atoms with Crippen LogP contribution in [-0.2, 0) is 16.0 Å². The van der Waals surface area contributed by atoms with E-state index in [9.17, 15) is 9.59 Å². The van der Waals surface area contributed by atoms with E-state index in [1.54, 1.807) is 46.2 Å². The van der Waals surface area contributed by atoms with Gasteiger partial charge in [-0.15, -0.1) is 0 Å². The molecule has 8 heteroatoms. The van der Waals surface area contributed by atoms with Gasteiger partial charge in [-0.05, 0) is 29.8 Å². The van der Waals surface area contributed by atoms with Crippen molar-refractivity contribution in [3.05, 3.63) is 58.7 Å². The molecule has 0 spiro atoms. The summed E-state index contributed by atoms with van der Waals surface area (Å²) < 4.78 is 10.0. The summed E-state index contributed by atoms with van der Waals surface area (Å²) in [7, 11) is 1.34. The van der Waals surface area contributed by atoms with E-state index in [1.165, 1.54) is 13.3 Å². The Labute approximate surface area is 162 Å². The monoisotopic (exact) mass is 389 g/mol. The highest BCUT2D eigenvalue weighted by molar-refractivity contribution is 6.30. The summed E-state index contributed by atoms with van der Waals surface area (Å²) >= 11 is 5.93. The van der Waals surface area contributed by atoms with Gasteiger partial charge in [-0.25, -0.2) is 14.6 Å². The van der Waals surface area contributed by atoms with Crippen LogP contribution < -0.4 is 4.90 Å². The number of carbonyl (C=O) groups is 2. The Bertz CT molecular complexity index is 790. The lowest BCUT2D eigenvalue weighted by molar-refractivity contribution is 0.0547. The first-order valence-corrected chi connectivity index (χ1v) is 8.89. The second-order valence-corrected chi connectivity index (χ2v) is 6.43. The van der Waals surface area contributed by atoms with Crippen LogP contribution in [0, 0.1) is 0 Å². The number of benzene rings is 1. The number of nitrogens with zero attached hydrogens (tertiary/aromatic N) is 3. The number of rotatable bonds is 4. The Hall–Kier alpha value is -2.64. The molecule has 2 aromatic rings. The molecular weight excluding hydrogens is 370 g/mol. The maximum atomic E-state index is 13.1. The number of esters is 1. The Kier molecular flexibility index (Phi) is 6.26. The van der Waals surface area contributed by atoms with Crippen LogP contribution in [0.3, 0.4) is 0 Å². The van der Waals surface area contributed by atoms with Crippen molar-refractivity contribution >= 4 is 29.4 Å². The van der Waals surface area contributed by atoms with E-state index in [0.29, 0.717) is 49.3 Å². The number of halogens is 1. The zero-order valence-electron chi connectivity index (χ0n) is 14.9. The van der Waals surface area contributed by atoms with Gasteiger partial charge < -0.3 is 14.4 Å². The second kappa shape index (κ2) is 8.83. The third kappa shape index (κ3) is 4.75. The third-order valence-corrected chi connectivity index (χ3v) is 4.44. The molecule has 0 aliphatic carbocycles. The molecule has 2 heterocycles. The lowest BCUT2D eigenvalue weighted by atomic mass is 10.1. The molecule has 0 atom stereocenters. The van der Waals surface area contributed by atoms with Crippen LogP contribution in [0.4, 0.5) is 10.6 Å². The number of methoxy groups -OCH3 is 1. The zero-order chi connectivity index (χ0) is 19.2. The lowest BCUT2D eigenvalue weighted by Crippen LogP contribution is -2.48. The maximum absolute atomic E-state index is 13.1. The summed E-state index contributed by atoms with van der Waals surface area (Å²) in [5, 5.41) is 0.500. The predicted molar refractivity (Wildman–Crippen MR) is 101 cm³/mol. The number of urea groups is 1. The Morgan fingerprint density at radius 2 is 1.89 bits per heavy atom. The van der Waals surface area contributed by atoms with Crippen molar-refractivity contribution in [3.8, 4) is 0 Å². The van der Waals surface area contributed by atoms with E-state index in [4.69, 9.17) is 21.1 Å². The van der Waals surface area contributed by atoms with Crippen molar-refractivity contribution < 1.29 is 19.1 Å². The minimum Gasteiger partial charge on any atom is -0.465 e. The largest absolute Gasteiger partial charge is 0.465 e. The predicted octanol–water partition coefficient (Wildman–Crippen LogP) is 2.98. The topological polar surface area (TPSA) is 72.0 Å². The number of carbonyl (C=O) groups excluding carboxylic acids is 2. The number of hydrogen-bond acceptors (Lipinski definition) is 5. The van der Waals surface area contributed by atoms with E-state index in [-0.39, 0.29) is 6.03 Å². The Morgan fingerprint density at radius 3 is 2.48 bits per heavy atom. The normalized spacial score (nSPS) is 13.9. The van der Waals surface area contributed by atoms with Gasteiger partial charge in [-0.1, -0.05) is 23.7 Å². The first kappa shape index (κ1) is 19.1. The SMILES string of the molecule is COC(=O)c1ccc(CN(C(=O)N2CCOCC2)c2ccc(Cl)cn2)cc1. The van der Waals surface area contributed by atoms with Crippen molar-refractivity contribution in [2.24, 2.45) is 0 Å². The Balaban J connectivity index is 1.83. The first-order chi connectivity index (χ1) is 13.1. The molecule has 1 saturated heterocycles. The molecule has 0 unspecified atom stereocenters. The standard InChI is InChI=1S/C19H20ClN3O4/c1-26-18(24)15-4-2-14(3-5-15)13-23(17-7-6-16(20)12-21-17)19(25)22-8-10-27-11-9-22/h2-7,12H,8-11,13H2,1H3. The van der Waals surface area contributed by atoms with Gasteiger partial charge in [0.15, 0.2) is 0 Å². The van der Waals surface area contributed by atoms with E-state index in [2.05, 4.69) is 4.98 Å². The smallest absolute Gasteiger partial charge is 0.337 e. The van der Waals surface area contributed by atoms with Crippen molar-refractivity contribution in [1.29, 1.82) is 0 Å². The number of amides is 2. The Morgan fingerprint density at radius 1 is 1.19 bits per heavy atom. The van der Waals surface area contributed by atoms with Gasteiger partial charge in [0.25, 0.3) is 0 Å². The number of morpholine rings is 1. The van der Waals surface area contributed by atoms with E-state index in [1.807, 2.05) is 0 Å². The van der Waals surface area contributed by atoms with Gasteiger partial charge >= 0.3 is 12.0 Å². The van der Waals surface area contributed by atoms with Crippen LogP contribution in [0.25, 0.3) is 0 Å². The van der Waals surface area contributed by atoms with Crippen LogP contribution in [0.5, 0.6) is 0 Å². The summed E-state index contributed by atoms with van der Waals surface area (Å²) in [6.07, 6.45) is 1.51. The van der Waals surface area contributed by atoms with Crippen molar-refractivity contribution in [3.63, 3.8) is 0 Å². The number of pyridine rings is 1. The fraction of sp³-hybridized carbons (Fsp3) is 0.316. The molecule has 142 valence electrons. The minimum absolute atomic E-state index is 0.148. The number of hydrogen-bond donors (Lipinski definition) is 0. The summed E-state index contributed by atoms with van der Waals surface area (Å²) in [6, 6.07) is 10.2. The lowest BCUT2D eigenvalue weighted by Gasteiger charge is -2.32. The molecule has 3 rings (SSSR count). The molecule has 0 N–H and O–H groups in total. The maximum Gasteiger partial charge on any atom is 0.337 e. The van der Waals surface area contributed by atoms with E-state index in [0.717, 1.165) is 5.56 Å². The van der Waals surface area contributed by atoms with Crippen LogP contribution in [0.15, 0.2) is 42.6 Å². The summed E-state index contributed by atoms with van der Waals surface area (Å²) in [5.41, 5.74) is 1.32. The van der Waals surface area contributed by atoms with E-state index >= 15 is 0 Å². The molecule has 27 heavy (non-hydrogen) atoms. The molecule has 0 bridgehead atoms. The highest BCUT2D eigenvalue weighted by Gasteiger charge is 2.25. The van der Waals surface area contributed by atoms with Crippen molar-refractivity contribution in [1.82, 2.24) is 9.88 Å².